The second kappa shape index (κ2) is 6.91. The van der Waals surface area contributed by atoms with E-state index in [1.165, 1.54) is 0 Å². The van der Waals surface area contributed by atoms with Gasteiger partial charge in [0.25, 0.3) is 0 Å². The maximum absolute atomic E-state index is 9.54. The third kappa shape index (κ3) is 3.96. The minimum atomic E-state index is -0.502. The molecule has 0 aliphatic heterocycles. The largest absolute Gasteiger partial charge is 0.487 e. The molecular weight excluding hydrogens is 254 g/mol. The van der Waals surface area contributed by atoms with Crippen LogP contribution in [0.25, 0.3) is 0 Å². The van der Waals surface area contributed by atoms with Crippen molar-refractivity contribution in [2.24, 2.45) is 0 Å². The Morgan fingerprint density at radius 2 is 1.95 bits per heavy atom. The Bertz CT molecular complexity index is 555. The standard InChI is InChI=1S/C16H19NO3/c1-3-19-16-9-5-7-14(17-16)11-20-15-8-4-6-13(10-15)12(2)18/h4-10,12,18H,3,11H2,1-2H3/t12-/m1/s1. The highest BCUT2D eigenvalue weighted by atomic mass is 16.5. The zero-order chi connectivity index (χ0) is 14.4. The molecule has 1 N–H and O–H groups in total. The van der Waals surface area contributed by atoms with Gasteiger partial charge in [-0.25, -0.2) is 4.98 Å². The van der Waals surface area contributed by atoms with Crippen LogP contribution < -0.4 is 9.47 Å². The molecule has 4 heteroatoms. The molecule has 20 heavy (non-hydrogen) atoms. The highest BCUT2D eigenvalue weighted by Gasteiger charge is 2.03. The first kappa shape index (κ1) is 14.3. The molecule has 0 aliphatic carbocycles. The number of aliphatic hydroxyl groups excluding tert-OH is 1. The van der Waals surface area contributed by atoms with E-state index < -0.39 is 6.10 Å². The normalized spacial score (nSPS) is 11.9. The number of ether oxygens (including phenoxy) is 2. The summed E-state index contributed by atoms with van der Waals surface area (Å²) >= 11 is 0. The average Bonchev–Trinajstić information content (AvgIpc) is 2.46. The van der Waals surface area contributed by atoms with Crippen molar-refractivity contribution in [3.05, 3.63) is 53.7 Å². The van der Waals surface area contributed by atoms with Gasteiger partial charge in [0.15, 0.2) is 0 Å². The smallest absolute Gasteiger partial charge is 0.213 e. The van der Waals surface area contributed by atoms with Crippen LogP contribution in [0, 0.1) is 0 Å². The van der Waals surface area contributed by atoms with E-state index in [1.807, 2.05) is 49.4 Å². The van der Waals surface area contributed by atoms with Crippen molar-refractivity contribution in [1.82, 2.24) is 4.98 Å². The summed E-state index contributed by atoms with van der Waals surface area (Å²) in [6.07, 6.45) is -0.502. The summed E-state index contributed by atoms with van der Waals surface area (Å²) in [7, 11) is 0. The van der Waals surface area contributed by atoms with E-state index in [0.29, 0.717) is 24.8 Å². The van der Waals surface area contributed by atoms with Crippen LogP contribution in [0.2, 0.25) is 0 Å². The second-order valence-electron chi connectivity index (χ2n) is 4.44. The van der Waals surface area contributed by atoms with Crippen LogP contribution in [0.15, 0.2) is 42.5 Å². The van der Waals surface area contributed by atoms with Crippen LogP contribution in [0.1, 0.15) is 31.2 Å². The zero-order valence-corrected chi connectivity index (χ0v) is 11.7. The fraction of sp³-hybridized carbons (Fsp3) is 0.312. The number of benzene rings is 1. The minimum absolute atomic E-state index is 0.365. The van der Waals surface area contributed by atoms with Crippen LogP contribution in [0.4, 0.5) is 0 Å². The lowest BCUT2D eigenvalue weighted by Gasteiger charge is -2.10. The van der Waals surface area contributed by atoms with Crippen molar-refractivity contribution in [2.75, 3.05) is 6.61 Å². The van der Waals surface area contributed by atoms with Gasteiger partial charge in [0.1, 0.15) is 12.4 Å². The topological polar surface area (TPSA) is 51.6 Å². The molecule has 1 aromatic carbocycles. The van der Waals surface area contributed by atoms with Crippen LogP contribution >= 0.6 is 0 Å². The molecule has 1 heterocycles. The molecule has 1 atom stereocenters. The van der Waals surface area contributed by atoms with Crippen molar-refractivity contribution in [2.45, 2.75) is 26.6 Å². The number of hydrogen-bond donors (Lipinski definition) is 1. The lowest BCUT2D eigenvalue weighted by molar-refractivity contribution is 0.198. The molecule has 0 saturated carbocycles. The summed E-state index contributed by atoms with van der Waals surface area (Å²) in [5.41, 5.74) is 1.64. The summed E-state index contributed by atoms with van der Waals surface area (Å²) in [6.45, 7) is 4.61. The van der Waals surface area contributed by atoms with E-state index in [-0.39, 0.29) is 0 Å². The lowest BCUT2D eigenvalue weighted by atomic mass is 10.1. The summed E-state index contributed by atoms with van der Waals surface area (Å²) < 4.78 is 11.0. The Morgan fingerprint density at radius 3 is 2.70 bits per heavy atom. The number of hydrogen-bond acceptors (Lipinski definition) is 4. The molecule has 2 rings (SSSR count). The molecule has 1 aromatic heterocycles. The van der Waals surface area contributed by atoms with Gasteiger partial charge in [-0.05, 0) is 37.6 Å². The van der Waals surface area contributed by atoms with Gasteiger partial charge in [-0.15, -0.1) is 0 Å². The van der Waals surface area contributed by atoms with Gasteiger partial charge in [0.2, 0.25) is 5.88 Å². The number of pyridine rings is 1. The van der Waals surface area contributed by atoms with Crippen molar-refractivity contribution in [3.63, 3.8) is 0 Å². The van der Waals surface area contributed by atoms with Crippen LogP contribution in [-0.2, 0) is 6.61 Å². The average molecular weight is 273 g/mol. The SMILES string of the molecule is CCOc1cccc(COc2cccc([C@@H](C)O)c2)n1. The summed E-state index contributed by atoms with van der Waals surface area (Å²) in [5, 5.41) is 9.54. The molecule has 0 fully saturated rings. The molecule has 2 aromatic rings. The third-order valence-electron chi connectivity index (χ3n) is 2.80. The Kier molecular flexibility index (Phi) is 4.96. The maximum atomic E-state index is 9.54. The van der Waals surface area contributed by atoms with Gasteiger partial charge in [-0.1, -0.05) is 18.2 Å². The van der Waals surface area contributed by atoms with Crippen LogP contribution in [0.3, 0.4) is 0 Å². The van der Waals surface area contributed by atoms with E-state index in [1.54, 1.807) is 6.92 Å². The van der Waals surface area contributed by atoms with Crippen molar-refractivity contribution < 1.29 is 14.6 Å². The van der Waals surface area contributed by atoms with E-state index in [2.05, 4.69) is 4.98 Å². The summed E-state index contributed by atoms with van der Waals surface area (Å²) in [4.78, 5) is 4.34. The van der Waals surface area contributed by atoms with E-state index >= 15 is 0 Å². The maximum Gasteiger partial charge on any atom is 0.213 e. The second-order valence-corrected chi connectivity index (χ2v) is 4.44. The van der Waals surface area contributed by atoms with Crippen molar-refractivity contribution >= 4 is 0 Å². The predicted octanol–water partition coefficient (Wildman–Crippen LogP) is 3.11. The van der Waals surface area contributed by atoms with Crippen molar-refractivity contribution in [1.29, 1.82) is 0 Å². The molecule has 106 valence electrons. The van der Waals surface area contributed by atoms with Gasteiger partial charge in [-0.2, -0.15) is 0 Å². The van der Waals surface area contributed by atoms with Gasteiger partial charge < -0.3 is 14.6 Å². The van der Waals surface area contributed by atoms with Crippen LogP contribution in [0.5, 0.6) is 11.6 Å². The lowest BCUT2D eigenvalue weighted by Crippen LogP contribution is -2.01. The first-order valence-electron chi connectivity index (χ1n) is 6.68. The molecular formula is C16H19NO3. The molecule has 0 amide bonds. The monoisotopic (exact) mass is 273 g/mol. The number of rotatable bonds is 6. The highest BCUT2D eigenvalue weighted by molar-refractivity contribution is 5.29. The molecule has 0 saturated heterocycles. The fourth-order valence-electron chi connectivity index (χ4n) is 1.79. The van der Waals surface area contributed by atoms with Crippen molar-refractivity contribution in [3.8, 4) is 11.6 Å². The summed E-state index contributed by atoms with van der Waals surface area (Å²) in [5.74, 6) is 1.32. The fourth-order valence-corrected chi connectivity index (χ4v) is 1.79. The molecule has 0 bridgehead atoms. The molecule has 0 radical (unpaired) electrons. The van der Waals surface area contributed by atoms with Gasteiger partial charge in [0.05, 0.1) is 18.4 Å². The number of aliphatic hydroxyl groups is 1. The Labute approximate surface area is 119 Å². The first-order valence-corrected chi connectivity index (χ1v) is 6.68. The van der Waals surface area contributed by atoms with Crippen LogP contribution in [-0.4, -0.2) is 16.7 Å². The predicted molar refractivity (Wildman–Crippen MR) is 76.8 cm³/mol. The van der Waals surface area contributed by atoms with Gasteiger partial charge in [0, 0.05) is 6.07 Å². The molecule has 4 nitrogen and oxygen atoms in total. The minimum Gasteiger partial charge on any atom is -0.487 e. The molecule has 0 aliphatic rings. The number of nitrogens with zero attached hydrogens (tertiary/aromatic N) is 1. The Hall–Kier alpha value is -2.07. The Morgan fingerprint density at radius 1 is 1.15 bits per heavy atom. The molecule has 0 unspecified atom stereocenters. The van der Waals surface area contributed by atoms with Gasteiger partial charge in [-0.3, -0.25) is 0 Å². The third-order valence-corrected chi connectivity index (χ3v) is 2.80. The Balaban J connectivity index is 2.01. The van der Waals surface area contributed by atoms with Gasteiger partial charge >= 0.3 is 0 Å². The number of aromatic nitrogens is 1. The van der Waals surface area contributed by atoms with E-state index in [0.717, 1.165) is 11.3 Å². The van der Waals surface area contributed by atoms with E-state index in [9.17, 15) is 5.11 Å². The summed E-state index contributed by atoms with van der Waals surface area (Å²) in [6, 6.07) is 13.0. The first-order chi connectivity index (χ1) is 9.69. The molecule has 0 spiro atoms. The highest BCUT2D eigenvalue weighted by Crippen LogP contribution is 2.19. The quantitative estimate of drug-likeness (QED) is 0.878. The van der Waals surface area contributed by atoms with E-state index in [4.69, 9.17) is 9.47 Å². The zero-order valence-electron chi connectivity index (χ0n) is 11.7.